The molecule has 2 rings (SSSR count). The normalized spacial score (nSPS) is 9.88. The molecule has 2 aromatic rings. The smallest absolute Gasteiger partial charge is 0.261 e. The van der Waals surface area contributed by atoms with Gasteiger partial charge in [0.1, 0.15) is 5.75 Å². The van der Waals surface area contributed by atoms with Gasteiger partial charge in [-0.2, -0.15) is 0 Å². The number of phenols is 1. The quantitative estimate of drug-likeness (QED) is 0.817. The Kier molecular flexibility index (Phi) is 3.67. The standard InChI is InChI=1S/C13H11NO2S/c15-11-8-4-5-9-12(11)17-14-13(16)10-6-2-1-3-7-10/h1-9,15H,(H,14,16). The van der Waals surface area contributed by atoms with Gasteiger partial charge in [-0.15, -0.1) is 0 Å². The van der Waals surface area contributed by atoms with Crippen LogP contribution in [0.3, 0.4) is 0 Å². The van der Waals surface area contributed by atoms with Gasteiger partial charge in [0.2, 0.25) is 0 Å². The second-order valence-electron chi connectivity index (χ2n) is 3.37. The fraction of sp³-hybridized carbons (Fsp3) is 0. The summed E-state index contributed by atoms with van der Waals surface area (Å²) in [5.74, 6) is -0.0234. The third-order valence-corrected chi connectivity index (χ3v) is 3.01. The molecule has 0 saturated carbocycles. The molecule has 0 aliphatic heterocycles. The van der Waals surface area contributed by atoms with Crippen LogP contribution in [0.5, 0.6) is 5.75 Å². The predicted octanol–water partition coefficient (Wildman–Crippen LogP) is 2.83. The van der Waals surface area contributed by atoms with Crippen molar-refractivity contribution in [3.63, 3.8) is 0 Å². The number of hydrogen-bond donors (Lipinski definition) is 2. The fourth-order valence-corrected chi connectivity index (χ4v) is 1.93. The molecule has 0 aromatic heterocycles. The molecule has 0 unspecified atom stereocenters. The summed E-state index contributed by atoms with van der Waals surface area (Å²) >= 11 is 1.10. The largest absolute Gasteiger partial charge is 0.507 e. The SMILES string of the molecule is O=C(NSc1ccccc1O)c1ccccc1. The molecule has 0 aliphatic carbocycles. The van der Waals surface area contributed by atoms with Gasteiger partial charge in [0.25, 0.3) is 5.91 Å². The Balaban J connectivity index is 2.00. The van der Waals surface area contributed by atoms with Crippen LogP contribution in [0.15, 0.2) is 59.5 Å². The van der Waals surface area contributed by atoms with E-state index in [2.05, 4.69) is 4.72 Å². The first-order chi connectivity index (χ1) is 8.27. The van der Waals surface area contributed by atoms with Crippen molar-refractivity contribution in [3.8, 4) is 5.75 Å². The van der Waals surface area contributed by atoms with Crippen molar-refractivity contribution < 1.29 is 9.90 Å². The van der Waals surface area contributed by atoms with E-state index in [4.69, 9.17) is 0 Å². The van der Waals surface area contributed by atoms with Crippen LogP contribution < -0.4 is 4.72 Å². The third kappa shape index (κ3) is 3.01. The van der Waals surface area contributed by atoms with Crippen molar-refractivity contribution in [2.45, 2.75) is 4.90 Å². The van der Waals surface area contributed by atoms with Crippen molar-refractivity contribution in [2.75, 3.05) is 0 Å². The van der Waals surface area contributed by atoms with E-state index in [1.54, 1.807) is 48.5 Å². The highest BCUT2D eigenvalue weighted by molar-refractivity contribution is 7.98. The summed E-state index contributed by atoms with van der Waals surface area (Å²) in [5.41, 5.74) is 0.593. The lowest BCUT2D eigenvalue weighted by molar-refractivity contribution is 0.0984. The maximum Gasteiger partial charge on any atom is 0.261 e. The molecule has 17 heavy (non-hydrogen) atoms. The van der Waals surface area contributed by atoms with E-state index in [1.807, 2.05) is 6.07 Å². The maximum atomic E-state index is 11.7. The summed E-state index contributed by atoms with van der Waals surface area (Å²) in [6, 6.07) is 15.8. The van der Waals surface area contributed by atoms with Crippen molar-refractivity contribution in [2.24, 2.45) is 0 Å². The van der Waals surface area contributed by atoms with Crippen LogP contribution in [0.25, 0.3) is 0 Å². The molecule has 1 amide bonds. The molecule has 86 valence electrons. The second kappa shape index (κ2) is 5.41. The Labute approximate surface area is 104 Å². The summed E-state index contributed by atoms with van der Waals surface area (Å²) in [5, 5.41) is 9.52. The van der Waals surface area contributed by atoms with Crippen LogP contribution in [0, 0.1) is 0 Å². The average molecular weight is 245 g/mol. The molecule has 0 fully saturated rings. The highest BCUT2D eigenvalue weighted by Crippen LogP contribution is 2.25. The molecule has 0 saturated heterocycles. The minimum absolute atomic E-state index is 0.158. The van der Waals surface area contributed by atoms with E-state index in [9.17, 15) is 9.90 Å². The van der Waals surface area contributed by atoms with Crippen LogP contribution in [0.4, 0.5) is 0 Å². The lowest BCUT2D eigenvalue weighted by Crippen LogP contribution is -2.15. The highest BCUT2D eigenvalue weighted by Gasteiger charge is 2.06. The first kappa shape index (κ1) is 11.5. The molecule has 0 spiro atoms. The van der Waals surface area contributed by atoms with E-state index in [0.717, 1.165) is 11.9 Å². The molecular weight excluding hydrogens is 234 g/mol. The molecule has 3 nitrogen and oxygen atoms in total. The van der Waals surface area contributed by atoms with Crippen LogP contribution in [0.1, 0.15) is 10.4 Å². The lowest BCUT2D eigenvalue weighted by Gasteiger charge is -2.05. The molecule has 0 heterocycles. The third-order valence-electron chi connectivity index (χ3n) is 2.15. The van der Waals surface area contributed by atoms with Crippen LogP contribution >= 0.6 is 11.9 Å². The Morgan fingerprint density at radius 3 is 2.35 bits per heavy atom. The van der Waals surface area contributed by atoms with Gasteiger partial charge in [0, 0.05) is 5.56 Å². The van der Waals surface area contributed by atoms with Crippen molar-refractivity contribution >= 4 is 17.9 Å². The number of para-hydroxylation sites is 1. The van der Waals surface area contributed by atoms with Gasteiger partial charge < -0.3 is 5.11 Å². The Morgan fingerprint density at radius 2 is 1.65 bits per heavy atom. The van der Waals surface area contributed by atoms with Gasteiger partial charge in [-0.05, 0) is 36.2 Å². The van der Waals surface area contributed by atoms with Gasteiger partial charge in [0.15, 0.2) is 0 Å². The van der Waals surface area contributed by atoms with Gasteiger partial charge in [0.05, 0.1) is 4.90 Å². The molecular formula is C13H11NO2S. The number of benzene rings is 2. The van der Waals surface area contributed by atoms with Crippen LogP contribution in [-0.2, 0) is 0 Å². The molecule has 0 atom stereocenters. The summed E-state index contributed by atoms with van der Waals surface area (Å²) < 4.78 is 2.67. The Bertz CT molecular complexity index is 514. The zero-order valence-electron chi connectivity index (χ0n) is 8.96. The zero-order chi connectivity index (χ0) is 12.1. The number of rotatable bonds is 3. The second-order valence-corrected chi connectivity index (χ2v) is 4.22. The van der Waals surface area contributed by atoms with Gasteiger partial charge in [-0.3, -0.25) is 9.52 Å². The number of phenolic OH excluding ortho intramolecular Hbond substituents is 1. The van der Waals surface area contributed by atoms with E-state index in [-0.39, 0.29) is 11.7 Å². The highest BCUT2D eigenvalue weighted by atomic mass is 32.2. The summed E-state index contributed by atoms with van der Waals surface area (Å²) in [6.45, 7) is 0. The first-order valence-corrected chi connectivity index (χ1v) is 5.89. The van der Waals surface area contributed by atoms with Gasteiger partial charge in [-0.25, -0.2) is 0 Å². The number of nitrogens with one attached hydrogen (secondary N) is 1. The summed E-state index contributed by atoms with van der Waals surface area (Å²) in [7, 11) is 0. The first-order valence-electron chi connectivity index (χ1n) is 5.07. The fourth-order valence-electron chi connectivity index (χ4n) is 1.29. The van der Waals surface area contributed by atoms with Gasteiger partial charge >= 0.3 is 0 Å². The van der Waals surface area contributed by atoms with Crippen LogP contribution in [-0.4, -0.2) is 11.0 Å². The van der Waals surface area contributed by atoms with Crippen molar-refractivity contribution in [3.05, 3.63) is 60.2 Å². The number of carbonyl (C=O) groups is 1. The summed E-state index contributed by atoms with van der Waals surface area (Å²) in [6.07, 6.45) is 0. The molecule has 0 radical (unpaired) electrons. The van der Waals surface area contributed by atoms with Crippen molar-refractivity contribution in [1.29, 1.82) is 0 Å². The van der Waals surface area contributed by atoms with Crippen molar-refractivity contribution in [1.82, 2.24) is 4.72 Å². The molecule has 2 N–H and O–H groups in total. The number of aromatic hydroxyl groups is 1. The Morgan fingerprint density at radius 1 is 1.00 bits per heavy atom. The molecule has 4 heteroatoms. The number of amides is 1. The van der Waals surface area contributed by atoms with Gasteiger partial charge in [-0.1, -0.05) is 30.3 Å². The van der Waals surface area contributed by atoms with E-state index in [0.29, 0.717) is 10.5 Å². The maximum absolute atomic E-state index is 11.7. The topological polar surface area (TPSA) is 49.3 Å². The molecule has 0 bridgehead atoms. The van der Waals surface area contributed by atoms with E-state index in [1.165, 1.54) is 0 Å². The molecule has 2 aromatic carbocycles. The summed E-state index contributed by atoms with van der Waals surface area (Å²) in [4.78, 5) is 12.3. The zero-order valence-corrected chi connectivity index (χ0v) is 9.78. The number of carbonyl (C=O) groups excluding carboxylic acids is 1. The Hall–Kier alpha value is -1.94. The monoisotopic (exact) mass is 245 g/mol. The number of hydrogen-bond acceptors (Lipinski definition) is 3. The van der Waals surface area contributed by atoms with Crippen LogP contribution in [0.2, 0.25) is 0 Å². The minimum Gasteiger partial charge on any atom is -0.507 e. The van der Waals surface area contributed by atoms with E-state index < -0.39 is 0 Å². The predicted molar refractivity (Wildman–Crippen MR) is 67.9 cm³/mol. The average Bonchev–Trinajstić information content (AvgIpc) is 2.38. The lowest BCUT2D eigenvalue weighted by atomic mass is 10.2. The van der Waals surface area contributed by atoms with E-state index >= 15 is 0 Å². The minimum atomic E-state index is -0.182. The molecule has 0 aliphatic rings.